The van der Waals surface area contributed by atoms with E-state index in [2.05, 4.69) is 11.6 Å². The van der Waals surface area contributed by atoms with E-state index >= 15 is 0 Å². The first-order chi connectivity index (χ1) is 11.7. The Labute approximate surface area is 152 Å². The van der Waals surface area contributed by atoms with E-state index in [4.69, 9.17) is 0 Å². The molecular formula is C9H4ClF16NO2. The van der Waals surface area contributed by atoms with Crippen molar-refractivity contribution in [3.8, 4) is 0 Å². The third kappa shape index (κ3) is 3.52. The smallest absolute Gasteiger partial charge is 0.436 e. The number of hydrogen-bond donors (Lipinski definition) is 1. The van der Waals surface area contributed by atoms with Gasteiger partial charge in [-0.05, 0) is 11.6 Å². The van der Waals surface area contributed by atoms with E-state index in [0.29, 0.717) is 0 Å². The van der Waals surface area contributed by atoms with Gasteiger partial charge in [0, 0.05) is 0 Å². The van der Waals surface area contributed by atoms with Gasteiger partial charge < -0.3 is 16.1 Å². The van der Waals surface area contributed by atoms with Crippen LogP contribution in [0.25, 0.3) is 0 Å². The lowest BCUT2D eigenvalue weighted by Gasteiger charge is -2.44. The third-order valence-electron chi connectivity index (χ3n) is 3.05. The Morgan fingerprint density at radius 1 is 0.586 bits per heavy atom. The summed E-state index contributed by atoms with van der Waals surface area (Å²) in [6.45, 7) is 0. The van der Waals surface area contributed by atoms with Crippen LogP contribution >= 0.6 is 11.6 Å². The molecule has 0 radical (unpaired) electrons. The van der Waals surface area contributed by atoms with E-state index in [1.807, 2.05) is 0 Å². The molecule has 176 valence electrons. The number of quaternary nitrogens is 1. The quantitative estimate of drug-likeness (QED) is 0.418. The monoisotopic (exact) mass is 497 g/mol. The Morgan fingerprint density at radius 3 is 1.07 bits per heavy atom. The number of carbonyl (C=O) groups excluding carboxylic acids is 1. The molecule has 0 aromatic carbocycles. The normalized spacial score (nSPS) is 17.4. The number of carboxylic acids is 1. The maximum atomic E-state index is 13.3. The third-order valence-corrected chi connectivity index (χ3v) is 3.31. The fourth-order valence-electron chi connectivity index (χ4n) is 1.45. The fraction of sp³-hybridized carbons (Fsp3) is 0.889. The van der Waals surface area contributed by atoms with Gasteiger partial charge in [0.25, 0.3) is 0 Å². The van der Waals surface area contributed by atoms with Crippen LogP contribution in [0.1, 0.15) is 0 Å². The van der Waals surface area contributed by atoms with Crippen molar-refractivity contribution in [2.24, 2.45) is 0 Å². The van der Waals surface area contributed by atoms with Gasteiger partial charge in [-0.15, -0.1) is 0 Å². The first-order valence-corrected chi connectivity index (χ1v) is 6.00. The summed E-state index contributed by atoms with van der Waals surface area (Å²) in [5, 5.41) is 2.45. The van der Waals surface area contributed by atoms with E-state index in [0.717, 1.165) is 0 Å². The molecule has 4 N–H and O–H groups in total. The first kappa shape index (κ1) is 29.8. The predicted molar refractivity (Wildman–Crippen MR) is 56.4 cm³/mol. The van der Waals surface area contributed by atoms with Crippen LogP contribution in [0.5, 0.6) is 0 Å². The topological polar surface area (TPSA) is 76.6 Å². The zero-order chi connectivity index (χ0) is 23.6. The average molecular weight is 498 g/mol. The molecule has 0 aliphatic carbocycles. The van der Waals surface area contributed by atoms with Gasteiger partial charge in [0.05, 0.1) is 0 Å². The van der Waals surface area contributed by atoms with Gasteiger partial charge in [-0.25, -0.2) is 4.39 Å². The van der Waals surface area contributed by atoms with Gasteiger partial charge in [0.2, 0.25) is 0 Å². The summed E-state index contributed by atoms with van der Waals surface area (Å²) in [4.78, 5) is 9.70. The standard InChI is InChI=1S/C9HClF16O2.H3N/c10-8(22,23)3(13,9(24,25)26)5(16,17)7(20,21)6(18,19)4(14,15)2(11,12)1(27)28;/h(H,27,28);1H3. The highest BCUT2D eigenvalue weighted by molar-refractivity contribution is 6.22. The summed E-state index contributed by atoms with van der Waals surface area (Å²) >= 11 is 3.29. The number of aliphatic carboxylic acids is 1. The number of carbonyl (C=O) groups is 1. The molecule has 0 bridgehead atoms. The number of halogens is 17. The molecule has 0 amide bonds. The summed E-state index contributed by atoms with van der Waals surface area (Å²) < 4.78 is 205. The van der Waals surface area contributed by atoms with Crippen LogP contribution in [-0.2, 0) is 4.79 Å². The van der Waals surface area contributed by atoms with Crippen molar-refractivity contribution >= 4 is 17.6 Å². The highest BCUT2D eigenvalue weighted by atomic mass is 35.5. The van der Waals surface area contributed by atoms with Gasteiger partial charge in [0.15, 0.2) is 0 Å². The molecule has 0 aliphatic heterocycles. The molecule has 0 aromatic heterocycles. The number of alkyl halides is 17. The Balaban J connectivity index is 0. The highest BCUT2D eigenvalue weighted by Gasteiger charge is 2.96. The van der Waals surface area contributed by atoms with Crippen LogP contribution < -0.4 is 11.3 Å². The fourth-order valence-corrected chi connectivity index (χ4v) is 1.68. The number of rotatable bonds is 7. The van der Waals surface area contributed by atoms with Crippen LogP contribution in [0.4, 0.5) is 70.2 Å². The molecule has 1 unspecified atom stereocenters. The van der Waals surface area contributed by atoms with Crippen molar-refractivity contribution in [1.29, 1.82) is 0 Å². The minimum atomic E-state index is -8.73. The molecule has 0 rings (SSSR count). The molecule has 1 atom stereocenters. The minimum absolute atomic E-state index is 0. The summed E-state index contributed by atoms with van der Waals surface area (Å²) in [5.74, 6) is -46.3. The second-order valence-electron chi connectivity index (χ2n) is 4.81. The van der Waals surface area contributed by atoms with E-state index in [-0.39, 0.29) is 6.15 Å². The Morgan fingerprint density at radius 2 is 0.862 bits per heavy atom. The molecule has 20 heteroatoms. The molecule has 0 aliphatic rings. The van der Waals surface area contributed by atoms with Crippen molar-refractivity contribution in [3.05, 3.63) is 0 Å². The summed E-state index contributed by atoms with van der Waals surface area (Å²) in [5.41, 5.74) is -8.23. The van der Waals surface area contributed by atoms with Gasteiger partial charge in [-0.3, -0.25) is 0 Å². The zero-order valence-corrected chi connectivity index (χ0v) is 13.5. The van der Waals surface area contributed by atoms with Crippen LogP contribution in [-0.4, -0.2) is 52.8 Å². The van der Waals surface area contributed by atoms with Crippen LogP contribution in [0.3, 0.4) is 0 Å². The average Bonchev–Trinajstić information content (AvgIpc) is 2.42. The first-order valence-electron chi connectivity index (χ1n) is 5.62. The van der Waals surface area contributed by atoms with Gasteiger partial charge >= 0.3 is 46.8 Å². The lowest BCUT2D eigenvalue weighted by molar-refractivity contribution is -0.449. The Kier molecular flexibility index (Phi) is 7.28. The number of hydrogen-bond acceptors (Lipinski definition) is 2. The summed E-state index contributed by atoms with van der Waals surface area (Å²) in [7, 11) is 0. The SMILES string of the molecule is O=C([O-])C(F)(F)C(F)(F)C(F)(F)C(F)(F)C(F)(F)C(F)(C(F)(F)F)C(F)(F)Cl.[NH4+]. The van der Waals surface area contributed by atoms with Crippen molar-refractivity contribution in [2.75, 3.05) is 0 Å². The molecule has 3 nitrogen and oxygen atoms in total. The lowest BCUT2D eigenvalue weighted by atomic mass is 9.85. The lowest BCUT2D eigenvalue weighted by Crippen LogP contribution is -2.77. The largest absolute Gasteiger partial charge is 0.544 e. The second kappa shape index (κ2) is 7.09. The Hall–Kier alpha value is -1.40. The minimum Gasteiger partial charge on any atom is -0.544 e. The molecule has 0 aromatic rings. The summed E-state index contributed by atoms with van der Waals surface area (Å²) in [6.07, 6.45) is -7.98. The maximum Gasteiger partial charge on any atom is 0.436 e. The molecule has 29 heavy (non-hydrogen) atoms. The highest BCUT2D eigenvalue weighted by Crippen LogP contribution is 2.65. The predicted octanol–water partition coefficient (Wildman–Crippen LogP) is 4.39. The number of carboxylic acid groups (broad SMARTS) is 1. The van der Waals surface area contributed by atoms with Crippen molar-refractivity contribution < 1.29 is 80.1 Å². The maximum absolute atomic E-state index is 13.3. The van der Waals surface area contributed by atoms with Crippen molar-refractivity contribution in [3.63, 3.8) is 0 Å². The van der Waals surface area contributed by atoms with Gasteiger partial charge in [0.1, 0.15) is 5.97 Å². The van der Waals surface area contributed by atoms with Crippen molar-refractivity contribution in [1.82, 2.24) is 6.15 Å². The van der Waals surface area contributed by atoms with E-state index < -0.39 is 52.8 Å². The molecule has 0 heterocycles. The van der Waals surface area contributed by atoms with Crippen molar-refractivity contribution in [2.45, 2.75) is 46.8 Å². The van der Waals surface area contributed by atoms with E-state index in [1.165, 1.54) is 0 Å². The van der Waals surface area contributed by atoms with Gasteiger partial charge in [-0.1, -0.05) is 0 Å². The van der Waals surface area contributed by atoms with E-state index in [1.54, 1.807) is 0 Å². The van der Waals surface area contributed by atoms with Crippen LogP contribution in [0.2, 0.25) is 0 Å². The summed E-state index contributed by atoms with van der Waals surface area (Å²) in [6, 6.07) is 0. The zero-order valence-electron chi connectivity index (χ0n) is 12.7. The van der Waals surface area contributed by atoms with E-state index in [9.17, 15) is 80.1 Å². The molecule has 0 spiro atoms. The Bertz CT molecular complexity index is 609. The molecular weight excluding hydrogens is 494 g/mol. The second-order valence-corrected chi connectivity index (χ2v) is 5.29. The molecule has 0 saturated carbocycles. The molecule has 0 fully saturated rings. The van der Waals surface area contributed by atoms with Crippen LogP contribution in [0, 0.1) is 0 Å². The van der Waals surface area contributed by atoms with Gasteiger partial charge in [-0.2, -0.15) is 65.9 Å². The van der Waals surface area contributed by atoms with Crippen LogP contribution in [0.15, 0.2) is 0 Å². The molecule has 0 saturated heterocycles.